The number of likely N-dealkylation sites (tertiary alicyclic amines) is 1. The van der Waals surface area contributed by atoms with Gasteiger partial charge in [0.2, 0.25) is 5.91 Å². The number of aliphatic hydroxyl groups is 1. The number of carbonyl (C=O) groups excluding carboxylic acids is 2. The Morgan fingerprint density at radius 3 is 2.51 bits per heavy atom. The third kappa shape index (κ3) is 4.42. The van der Waals surface area contributed by atoms with Gasteiger partial charge in [0.05, 0.1) is 25.1 Å². The lowest BCUT2D eigenvalue weighted by molar-refractivity contribution is -0.131. The minimum atomic E-state index is -0.0915. The smallest absolute Gasteiger partial charge is 0.253 e. The molecule has 2 N–H and O–H groups in total. The molecule has 0 saturated carbocycles. The molecule has 5 rings (SSSR count). The lowest BCUT2D eigenvalue weighted by atomic mass is 9.82. The lowest BCUT2D eigenvalue weighted by Gasteiger charge is -2.39. The van der Waals surface area contributed by atoms with Crippen LogP contribution in [0.1, 0.15) is 33.9 Å². The van der Waals surface area contributed by atoms with Gasteiger partial charge in [0.15, 0.2) is 0 Å². The molecule has 180 valence electrons. The number of carbonyl (C=O) groups is 2. The summed E-state index contributed by atoms with van der Waals surface area (Å²) in [4.78, 5) is 29.5. The van der Waals surface area contributed by atoms with Gasteiger partial charge < -0.3 is 20.2 Å². The van der Waals surface area contributed by atoms with E-state index in [9.17, 15) is 14.7 Å². The summed E-state index contributed by atoms with van der Waals surface area (Å²) in [5, 5.41) is 13.6. The van der Waals surface area contributed by atoms with Crippen molar-refractivity contribution in [1.82, 2.24) is 9.80 Å². The molecule has 0 spiro atoms. The number of amides is 2. The maximum absolute atomic E-state index is 13.4. The average Bonchev–Trinajstić information content (AvgIpc) is 3.34. The van der Waals surface area contributed by atoms with Crippen LogP contribution >= 0.6 is 0 Å². The summed E-state index contributed by atoms with van der Waals surface area (Å²) in [5.41, 5.74) is 5.63. The zero-order valence-corrected chi connectivity index (χ0v) is 20.1. The molecule has 0 radical (unpaired) electrons. The Morgan fingerprint density at radius 2 is 1.77 bits per heavy atom. The Morgan fingerprint density at radius 1 is 1.00 bits per heavy atom. The first kappa shape index (κ1) is 23.1. The molecular weight excluding hydrogens is 438 g/mol. The highest BCUT2D eigenvalue weighted by molar-refractivity contribution is 5.95. The van der Waals surface area contributed by atoms with Crippen molar-refractivity contribution >= 4 is 17.5 Å². The number of hydrogen-bond acceptors (Lipinski definition) is 4. The monoisotopic (exact) mass is 469 g/mol. The number of benzene rings is 3. The molecule has 3 atom stereocenters. The molecule has 0 aliphatic carbocycles. The van der Waals surface area contributed by atoms with Crippen LogP contribution in [0, 0.1) is 5.92 Å². The first-order chi connectivity index (χ1) is 17.0. The highest BCUT2D eigenvalue weighted by Gasteiger charge is 2.45. The van der Waals surface area contributed by atoms with E-state index in [0.29, 0.717) is 18.5 Å². The molecule has 1 fully saturated rings. The molecule has 3 aromatic rings. The Kier molecular flexibility index (Phi) is 6.31. The molecule has 6 heteroatoms. The van der Waals surface area contributed by atoms with Gasteiger partial charge in [-0.1, -0.05) is 48.5 Å². The number of anilines is 1. The van der Waals surface area contributed by atoms with E-state index in [1.54, 1.807) is 19.0 Å². The van der Waals surface area contributed by atoms with E-state index in [2.05, 4.69) is 11.4 Å². The summed E-state index contributed by atoms with van der Waals surface area (Å²) < 4.78 is 0. The average molecular weight is 470 g/mol. The van der Waals surface area contributed by atoms with Crippen LogP contribution in [0.5, 0.6) is 0 Å². The van der Waals surface area contributed by atoms with E-state index >= 15 is 0 Å². The maximum Gasteiger partial charge on any atom is 0.253 e. The zero-order valence-electron chi connectivity index (χ0n) is 20.1. The molecule has 6 nitrogen and oxygen atoms in total. The van der Waals surface area contributed by atoms with Crippen molar-refractivity contribution in [3.8, 4) is 11.1 Å². The fourth-order valence-electron chi connectivity index (χ4n) is 5.48. The van der Waals surface area contributed by atoms with Gasteiger partial charge in [-0.3, -0.25) is 9.59 Å². The number of nitrogens with zero attached hydrogens (tertiary/aromatic N) is 2. The van der Waals surface area contributed by atoms with Gasteiger partial charge in [-0.25, -0.2) is 0 Å². The van der Waals surface area contributed by atoms with Crippen molar-refractivity contribution < 1.29 is 14.7 Å². The van der Waals surface area contributed by atoms with Crippen molar-refractivity contribution in [3.05, 3.63) is 89.5 Å². The van der Waals surface area contributed by atoms with Crippen molar-refractivity contribution in [1.29, 1.82) is 0 Å². The summed E-state index contributed by atoms with van der Waals surface area (Å²) in [6, 6.07) is 23.5. The highest BCUT2D eigenvalue weighted by atomic mass is 16.3. The van der Waals surface area contributed by atoms with Gasteiger partial charge in [0.25, 0.3) is 5.91 Å². The van der Waals surface area contributed by atoms with E-state index in [0.717, 1.165) is 34.4 Å². The van der Waals surface area contributed by atoms with E-state index in [1.807, 2.05) is 71.6 Å². The number of hydrogen-bond donors (Lipinski definition) is 2. The molecular formula is C29H31N3O3. The molecule has 35 heavy (non-hydrogen) atoms. The van der Waals surface area contributed by atoms with E-state index in [4.69, 9.17) is 0 Å². The molecule has 0 unspecified atom stereocenters. The van der Waals surface area contributed by atoms with Gasteiger partial charge in [-0.2, -0.15) is 0 Å². The summed E-state index contributed by atoms with van der Waals surface area (Å²) in [6.45, 7) is 0.702. The standard InChI is InChI=1S/C29H31N3O3/c1-31(2)29(35)22-10-6-9-20(16-22)21-11-12-25-24(17-21)28-23(26(18-33)30-25)13-14-32(28)27(34)15-19-7-4-3-5-8-19/h3-12,16-17,23,26,28,30,33H,13-15,18H2,1-2H3/t23-,26+,28-/m0/s1. The fourth-order valence-corrected chi connectivity index (χ4v) is 5.48. The minimum Gasteiger partial charge on any atom is -0.394 e. The second-order valence-electron chi connectivity index (χ2n) is 9.66. The van der Waals surface area contributed by atoms with Crippen LogP contribution in [-0.2, 0) is 11.2 Å². The number of fused-ring (bicyclic) bond motifs is 3. The van der Waals surface area contributed by atoms with Crippen LogP contribution in [-0.4, -0.2) is 60.0 Å². The van der Waals surface area contributed by atoms with Gasteiger partial charge in [-0.05, 0) is 52.9 Å². The SMILES string of the molecule is CN(C)C(=O)c1cccc(-c2ccc3c(c2)[C@@H]2[C@@H](CCN2C(=O)Cc2ccccc2)[C@@H](CO)N3)c1. The van der Waals surface area contributed by atoms with Gasteiger partial charge in [-0.15, -0.1) is 0 Å². The zero-order chi connectivity index (χ0) is 24.5. The molecule has 2 heterocycles. The number of rotatable bonds is 5. The van der Waals surface area contributed by atoms with Gasteiger partial charge in [0.1, 0.15) is 0 Å². The summed E-state index contributed by atoms with van der Waals surface area (Å²) in [5.74, 6) is 0.215. The van der Waals surface area contributed by atoms with Gasteiger partial charge in [0, 0.05) is 37.8 Å². The van der Waals surface area contributed by atoms with Crippen LogP contribution in [0.2, 0.25) is 0 Å². The molecule has 0 aromatic heterocycles. The van der Waals surface area contributed by atoms with Crippen LogP contribution in [0.4, 0.5) is 5.69 Å². The summed E-state index contributed by atoms with van der Waals surface area (Å²) in [6.07, 6.45) is 1.21. The van der Waals surface area contributed by atoms with Crippen molar-refractivity contribution in [2.75, 3.05) is 32.6 Å². The Bertz CT molecular complexity index is 1240. The third-order valence-corrected chi connectivity index (χ3v) is 7.24. The van der Waals surface area contributed by atoms with Crippen molar-refractivity contribution in [2.24, 2.45) is 5.92 Å². The van der Waals surface area contributed by atoms with Crippen molar-refractivity contribution in [3.63, 3.8) is 0 Å². The highest BCUT2D eigenvalue weighted by Crippen LogP contribution is 2.47. The van der Waals surface area contributed by atoms with Crippen molar-refractivity contribution in [2.45, 2.75) is 24.9 Å². The first-order valence-corrected chi connectivity index (χ1v) is 12.1. The van der Waals surface area contributed by atoms with E-state index in [-0.39, 0.29) is 36.4 Å². The molecule has 3 aromatic carbocycles. The normalized spacial score (nSPS) is 20.5. The number of aliphatic hydroxyl groups excluding tert-OH is 1. The summed E-state index contributed by atoms with van der Waals surface area (Å²) in [7, 11) is 3.50. The van der Waals surface area contributed by atoms with Crippen LogP contribution in [0.25, 0.3) is 11.1 Å². The topological polar surface area (TPSA) is 72.9 Å². The molecule has 2 aliphatic rings. The minimum absolute atomic E-state index is 0.0256. The molecule has 1 saturated heterocycles. The Labute approximate surface area is 206 Å². The van der Waals surface area contributed by atoms with Crippen LogP contribution in [0.3, 0.4) is 0 Å². The fraction of sp³-hybridized carbons (Fsp3) is 0.310. The second-order valence-corrected chi connectivity index (χ2v) is 9.66. The molecule has 2 amide bonds. The largest absolute Gasteiger partial charge is 0.394 e. The maximum atomic E-state index is 13.4. The first-order valence-electron chi connectivity index (χ1n) is 12.1. The van der Waals surface area contributed by atoms with Crippen LogP contribution in [0.15, 0.2) is 72.8 Å². The van der Waals surface area contributed by atoms with E-state index < -0.39 is 0 Å². The van der Waals surface area contributed by atoms with Gasteiger partial charge >= 0.3 is 0 Å². The van der Waals surface area contributed by atoms with Crippen LogP contribution < -0.4 is 5.32 Å². The quantitative estimate of drug-likeness (QED) is 0.593. The van der Waals surface area contributed by atoms with E-state index in [1.165, 1.54) is 0 Å². The Hall–Kier alpha value is -3.64. The summed E-state index contributed by atoms with van der Waals surface area (Å²) >= 11 is 0. The third-order valence-electron chi connectivity index (χ3n) is 7.24. The number of nitrogens with one attached hydrogen (secondary N) is 1. The Balaban J connectivity index is 1.50. The second kappa shape index (κ2) is 9.55. The predicted molar refractivity (Wildman–Crippen MR) is 137 cm³/mol. The molecule has 0 bridgehead atoms. The molecule has 2 aliphatic heterocycles. The predicted octanol–water partition coefficient (Wildman–Crippen LogP) is 3.97. The lowest BCUT2D eigenvalue weighted by Crippen LogP contribution is -2.43.